The number of aromatic nitrogens is 6. The molecule has 7 rings (SSSR count). The lowest BCUT2D eigenvalue weighted by molar-refractivity contribution is -0.120. The summed E-state index contributed by atoms with van der Waals surface area (Å²) in [5.41, 5.74) is 3.09. The minimum absolute atomic E-state index is 0.0242. The predicted molar refractivity (Wildman–Crippen MR) is 199 cm³/mol. The van der Waals surface area contributed by atoms with Crippen molar-refractivity contribution >= 4 is 45.6 Å². The molecule has 16 heteroatoms. The van der Waals surface area contributed by atoms with Gasteiger partial charge in [-0.2, -0.15) is 5.26 Å². The number of carbonyl (C=O) groups is 2. The van der Waals surface area contributed by atoms with Crippen LogP contribution in [0.25, 0.3) is 27.5 Å². The fourth-order valence-corrected chi connectivity index (χ4v) is 8.60. The predicted octanol–water partition coefficient (Wildman–Crippen LogP) is 5.23. The number of anilines is 3. The van der Waals surface area contributed by atoms with Crippen LogP contribution in [0.1, 0.15) is 73.1 Å². The van der Waals surface area contributed by atoms with Gasteiger partial charge in [0.1, 0.15) is 11.6 Å². The first-order chi connectivity index (χ1) is 24.9. The zero-order valence-corrected chi connectivity index (χ0v) is 31.0. The number of amides is 2. The molecule has 0 spiro atoms. The van der Waals surface area contributed by atoms with Crippen LogP contribution in [0.15, 0.2) is 30.6 Å². The molecular weight excluding hydrogens is 681 g/mol. The lowest BCUT2D eigenvalue weighted by Gasteiger charge is -2.37. The summed E-state index contributed by atoms with van der Waals surface area (Å²) in [4.78, 5) is 36.1. The van der Waals surface area contributed by atoms with Gasteiger partial charge in [-0.1, -0.05) is 24.2 Å². The molecule has 2 amide bonds. The monoisotopic (exact) mass is 726 g/mol. The summed E-state index contributed by atoms with van der Waals surface area (Å²) < 4.78 is 7.32. The molecule has 2 unspecified atom stereocenters. The van der Waals surface area contributed by atoms with Crippen LogP contribution in [0.5, 0.6) is 0 Å². The van der Waals surface area contributed by atoms with Crippen molar-refractivity contribution in [1.82, 2.24) is 40.4 Å². The normalized spacial score (nSPS) is 23.5. The summed E-state index contributed by atoms with van der Waals surface area (Å²) in [6.07, 6.45) is 9.02. The van der Waals surface area contributed by atoms with Crippen molar-refractivity contribution in [2.45, 2.75) is 103 Å². The van der Waals surface area contributed by atoms with E-state index in [0.717, 1.165) is 73.5 Å². The minimum Gasteiger partial charge on any atom is -0.444 e. The van der Waals surface area contributed by atoms with Gasteiger partial charge in [0, 0.05) is 44.0 Å². The summed E-state index contributed by atoms with van der Waals surface area (Å²) in [7, 11) is 0. The van der Waals surface area contributed by atoms with Gasteiger partial charge < -0.3 is 30.9 Å². The maximum absolute atomic E-state index is 12.6. The van der Waals surface area contributed by atoms with E-state index in [2.05, 4.69) is 47.4 Å². The third-order valence-corrected chi connectivity index (χ3v) is 11.0. The summed E-state index contributed by atoms with van der Waals surface area (Å²) in [5, 5.41) is 38.2. The Kier molecular flexibility index (Phi) is 9.88. The fourth-order valence-electron chi connectivity index (χ4n) is 7.72. The number of piperidine rings is 1. The average Bonchev–Trinajstić information content (AvgIpc) is 3.80. The highest BCUT2D eigenvalue weighted by Crippen LogP contribution is 2.41. The van der Waals surface area contributed by atoms with Gasteiger partial charge in [-0.15, -0.1) is 15.3 Å². The van der Waals surface area contributed by atoms with Crippen LogP contribution in [0.3, 0.4) is 0 Å². The van der Waals surface area contributed by atoms with Gasteiger partial charge >= 0.3 is 6.09 Å². The molecule has 52 heavy (non-hydrogen) atoms. The number of hydrogen-bond acceptors (Lipinski definition) is 13. The van der Waals surface area contributed by atoms with Gasteiger partial charge in [0.15, 0.2) is 5.01 Å². The molecule has 0 aromatic carbocycles. The van der Waals surface area contributed by atoms with E-state index in [0.29, 0.717) is 34.2 Å². The van der Waals surface area contributed by atoms with E-state index in [9.17, 15) is 14.9 Å². The van der Waals surface area contributed by atoms with Crippen molar-refractivity contribution in [1.29, 1.82) is 5.26 Å². The van der Waals surface area contributed by atoms with Gasteiger partial charge in [-0.05, 0) is 83.4 Å². The number of nitriles is 1. The smallest absolute Gasteiger partial charge is 0.407 e. The number of alkyl carbamates (subject to hydrolysis) is 1. The number of fused-ring (bicyclic) bond motifs is 3. The molecule has 4 aromatic rings. The van der Waals surface area contributed by atoms with E-state index in [1.165, 1.54) is 11.3 Å². The number of rotatable bonds is 9. The molecule has 5 atom stereocenters. The number of ether oxygens (including phenoxy) is 1. The van der Waals surface area contributed by atoms with Gasteiger partial charge in [0.25, 0.3) is 0 Å². The summed E-state index contributed by atoms with van der Waals surface area (Å²) >= 11 is 1.50. The van der Waals surface area contributed by atoms with Crippen molar-refractivity contribution < 1.29 is 14.3 Å². The molecular formula is C36H46N12O3S. The summed E-state index contributed by atoms with van der Waals surface area (Å²) in [6, 6.07) is 7.64. The van der Waals surface area contributed by atoms with Crippen molar-refractivity contribution in [2.24, 2.45) is 11.8 Å². The second kappa shape index (κ2) is 14.5. The highest BCUT2D eigenvalue weighted by atomic mass is 32.1. The van der Waals surface area contributed by atoms with Gasteiger partial charge in [0.2, 0.25) is 17.0 Å². The number of hydrogen-bond donors (Lipinski definition) is 4. The van der Waals surface area contributed by atoms with Crippen molar-refractivity contribution in [3.63, 3.8) is 0 Å². The summed E-state index contributed by atoms with van der Waals surface area (Å²) in [5.74, 6) is 1.24. The number of nitrogens with zero attached hydrogens (tertiary/aromatic N) is 8. The Bertz CT molecular complexity index is 1970. The van der Waals surface area contributed by atoms with Crippen molar-refractivity contribution in [2.75, 3.05) is 28.6 Å². The third-order valence-electron chi connectivity index (χ3n) is 10.0. The maximum Gasteiger partial charge on any atom is 0.407 e. The fraction of sp³-hybridized carbons (Fsp3) is 0.556. The van der Waals surface area contributed by atoms with Crippen LogP contribution in [0.2, 0.25) is 0 Å². The standard InChI is InChI=1S/C36H46N12O3S/c1-20(15-37)40-28-14-29(38-17-25(28)32-44-45-34(52-32)47-18-22-10-11-23(19-47)31(22)41-21(2)49)30-13-12-24-16-39-33(46-48(24)30)42-26-8-6-7-9-27(26)43-35(50)51-36(3,4)5/h12-14,16-17,20,22-23,26-27,31H,6-11,18-19H2,1-5H3,(H,38,40)(H,41,49)(H,42,46)(H,43,50)/t20-,22?,23?,26-,27+,31?/m1/s1. The Morgan fingerprint density at radius 2 is 1.77 bits per heavy atom. The van der Waals surface area contributed by atoms with Crippen LogP contribution >= 0.6 is 11.3 Å². The van der Waals surface area contributed by atoms with Crippen LogP contribution < -0.4 is 26.2 Å². The lowest BCUT2D eigenvalue weighted by Crippen LogP contribution is -2.52. The molecule has 0 radical (unpaired) electrons. The van der Waals surface area contributed by atoms with Crippen LogP contribution in [-0.2, 0) is 9.53 Å². The lowest BCUT2D eigenvalue weighted by atomic mass is 9.90. The van der Waals surface area contributed by atoms with Crippen molar-refractivity contribution in [3.8, 4) is 28.0 Å². The van der Waals surface area contributed by atoms with Crippen molar-refractivity contribution in [3.05, 3.63) is 30.6 Å². The maximum atomic E-state index is 12.6. The zero-order chi connectivity index (χ0) is 36.6. The molecule has 4 aromatic heterocycles. The Labute approximate surface area is 307 Å². The Morgan fingerprint density at radius 1 is 1.02 bits per heavy atom. The van der Waals surface area contributed by atoms with Crippen LogP contribution in [0, 0.1) is 23.2 Å². The molecule has 15 nitrogen and oxygen atoms in total. The second-order valence-corrected chi connectivity index (χ2v) is 16.1. The molecule has 4 N–H and O–H groups in total. The topological polar surface area (TPSA) is 187 Å². The Hall–Kier alpha value is -5.04. The number of pyridine rings is 1. The molecule has 1 saturated heterocycles. The molecule has 3 aliphatic rings. The molecule has 5 heterocycles. The average molecular weight is 727 g/mol. The van der Waals surface area contributed by atoms with E-state index in [-0.39, 0.29) is 24.0 Å². The summed E-state index contributed by atoms with van der Waals surface area (Å²) in [6.45, 7) is 10.6. The quantitative estimate of drug-likeness (QED) is 0.176. The van der Waals surface area contributed by atoms with Crippen LogP contribution in [0.4, 0.5) is 21.6 Å². The van der Waals surface area contributed by atoms with E-state index in [1.807, 2.05) is 39.0 Å². The molecule has 2 saturated carbocycles. The SMILES string of the molecule is CC(=O)NC1C2CCC1CN(c1nnc(-c3cnc(-c4ccc5cnc(N[C@@H]6CCCC[C@@H]6NC(=O)OC(C)(C)C)nn45)cc3N[C@H](C)C#N)s1)C2. The molecule has 3 fully saturated rings. The first-order valence-corrected chi connectivity index (χ1v) is 18.9. The molecule has 2 aliphatic carbocycles. The van der Waals surface area contributed by atoms with Gasteiger partial charge in [0.05, 0.1) is 40.8 Å². The molecule has 2 bridgehead atoms. The highest BCUT2D eigenvalue weighted by molar-refractivity contribution is 7.18. The highest BCUT2D eigenvalue weighted by Gasteiger charge is 2.43. The second-order valence-electron chi connectivity index (χ2n) is 15.2. The largest absolute Gasteiger partial charge is 0.444 e. The van der Waals surface area contributed by atoms with Gasteiger partial charge in [-0.3, -0.25) is 9.78 Å². The first kappa shape index (κ1) is 35.4. The molecule has 1 aliphatic heterocycles. The third kappa shape index (κ3) is 7.74. The van der Waals surface area contributed by atoms with E-state index in [1.54, 1.807) is 30.8 Å². The minimum atomic E-state index is -0.581. The number of carbonyl (C=O) groups excluding carboxylic acids is 2. The Balaban J connectivity index is 1.12. The zero-order valence-electron chi connectivity index (χ0n) is 30.2. The van der Waals surface area contributed by atoms with Gasteiger partial charge in [-0.25, -0.2) is 14.3 Å². The Morgan fingerprint density at radius 3 is 2.48 bits per heavy atom. The molecule has 274 valence electrons. The first-order valence-electron chi connectivity index (χ1n) is 18.1. The van der Waals surface area contributed by atoms with E-state index >= 15 is 0 Å². The number of nitrogens with one attached hydrogen (secondary N) is 4. The van der Waals surface area contributed by atoms with Crippen LogP contribution in [-0.4, -0.2) is 84.6 Å². The van der Waals surface area contributed by atoms with E-state index in [4.69, 9.17) is 14.8 Å². The van der Waals surface area contributed by atoms with E-state index < -0.39 is 17.7 Å².